The Morgan fingerprint density at radius 3 is 2.37 bits per heavy atom. The van der Waals surface area contributed by atoms with Crippen molar-refractivity contribution in [3.8, 4) is 0 Å². The van der Waals surface area contributed by atoms with E-state index in [0.717, 1.165) is 17.8 Å². The zero-order valence-electron chi connectivity index (χ0n) is 15.2. The topological polar surface area (TPSA) is 78.4 Å². The summed E-state index contributed by atoms with van der Waals surface area (Å²) in [5, 5.41) is 3.54. The number of hydrogen-bond donors (Lipinski definition) is 1. The van der Waals surface area contributed by atoms with Gasteiger partial charge in [0.2, 0.25) is 5.91 Å². The Balaban J connectivity index is 1.48. The van der Waals surface area contributed by atoms with Gasteiger partial charge < -0.3 is 15.1 Å². The van der Waals surface area contributed by atoms with Crippen LogP contribution in [0.5, 0.6) is 0 Å². The minimum absolute atomic E-state index is 0.0892. The third kappa shape index (κ3) is 5.17. The molecule has 8 heteroatoms. The zero-order chi connectivity index (χ0) is 19.2. The first-order valence-corrected chi connectivity index (χ1v) is 9.26. The third-order valence-corrected chi connectivity index (χ3v) is 4.78. The Kier molecular flexibility index (Phi) is 6.24. The molecule has 142 valence electrons. The maximum Gasteiger partial charge on any atom is 0.271 e. The van der Waals surface area contributed by atoms with Crippen molar-refractivity contribution >= 4 is 29.2 Å². The lowest BCUT2D eigenvalue weighted by Gasteiger charge is -2.34. The summed E-state index contributed by atoms with van der Waals surface area (Å²) >= 11 is 5.86. The molecule has 7 nitrogen and oxygen atoms in total. The number of amides is 2. The first-order valence-electron chi connectivity index (χ1n) is 8.88. The molecule has 0 bridgehead atoms. The Hall–Kier alpha value is -2.67. The van der Waals surface area contributed by atoms with Crippen LogP contribution in [0, 0.1) is 0 Å². The maximum atomic E-state index is 12.2. The van der Waals surface area contributed by atoms with E-state index >= 15 is 0 Å². The van der Waals surface area contributed by atoms with Crippen LogP contribution in [0.1, 0.15) is 23.0 Å². The van der Waals surface area contributed by atoms with Gasteiger partial charge in [-0.1, -0.05) is 23.7 Å². The zero-order valence-corrected chi connectivity index (χ0v) is 15.9. The van der Waals surface area contributed by atoms with E-state index in [1.54, 1.807) is 13.1 Å². The van der Waals surface area contributed by atoms with Crippen LogP contribution in [-0.4, -0.2) is 59.4 Å². The summed E-state index contributed by atoms with van der Waals surface area (Å²) < 4.78 is 0. The average Bonchev–Trinajstić information content (AvgIpc) is 2.69. The highest BCUT2D eigenvalue weighted by Gasteiger charge is 2.20. The van der Waals surface area contributed by atoms with E-state index in [-0.39, 0.29) is 17.5 Å². The number of benzene rings is 1. The monoisotopic (exact) mass is 387 g/mol. The van der Waals surface area contributed by atoms with Crippen LogP contribution in [0.2, 0.25) is 5.02 Å². The quantitative estimate of drug-likeness (QED) is 0.845. The molecular formula is C19H22ClN5O2. The minimum Gasteiger partial charge on any atom is -0.352 e. The molecule has 1 fully saturated rings. The number of piperazine rings is 1. The number of carbonyl (C=O) groups excluding carboxylic acids is 2. The summed E-state index contributed by atoms with van der Waals surface area (Å²) in [4.78, 5) is 36.0. The molecule has 1 aromatic heterocycles. The predicted octanol–water partition coefficient (Wildman–Crippen LogP) is 1.77. The molecule has 0 saturated carbocycles. The molecule has 1 saturated heterocycles. The smallest absolute Gasteiger partial charge is 0.271 e. The summed E-state index contributed by atoms with van der Waals surface area (Å²) in [7, 11) is 0. The second-order valence-corrected chi connectivity index (χ2v) is 6.82. The molecule has 0 aliphatic carbocycles. The van der Waals surface area contributed by atoms with Crippen LogP contribution < -0.4 is 10.2 Å². The van der Waals surface area contributed by atoms with Crippen molar-refractivity contribution in [2.75, 3.05) is 37.6 Å². The van der Waals surface area contributed by atoms with Gasteiger partial charge in [0, 0.05) is 44.7 Å². The van der Waals surface area contributed by atoms with Crippen LogP contribution in [0.4, 0.5) is 5.82 Å². The molecule has 0 unspecified atom stereocenters. The molecule has 1 aromatic carbocycles. The summed E-state index contributed by atoms with van der Waals surface area (Å²) in [6.07, 6.45) is 3.82. The van der Waals surface area contributed by atoms with Crippen molar-refractivity contribution in [3.05, 3.63) is 52.9 Å². The number of halogens is 1. The summed E-state index contributed by atoms with van der Waals surface area (Å²) in [6, 6.07) is 7.54. The molecule has 1 aliphatic rings. The molecular weight excluding hydrogens is 366 g/mol. The van der Waals surface area contributed by atoms with Crippen LogP contribution >= 0.6 is 11.6 Å². The van der Waals surface area contributed by atoms with Crippen molar-refractivity contribution in [3.63, 3.8) is 0 Å². The first-order chi connectivity index (χ1) is 13.0. The van der Waals surface area contributed by atoms with Gasteiger partial charge in [-0.15, -0.1) is 0 Å². The van der Waals surface area contributed by atoms with Gasteiger partial charge >= 0.3 is 0 Å². The fourth-order valence-electron chi connectivity index (χ4n) is 2.91. The van der Waals surface area contributed by atoms with Crippen molar-refractivity contribution in [1.82, 2.24) is 20.2 Å². The molecule has 2 heterocycles. The Labute approximate surface area is 163 Å². The number of rotatable bonds is 5. The van der Waals surface area contributed by atoms with Gasteiger partial charge in [-0.25, -0.2) is 9.97 Å². The molecule has 2 amide bonds. The molecule has 1 aliphatic heterocycles. The average molecular weight is 388 g/mol. The van der Waals surface area contributed by atoms with Gasteiger partial charge in [0.1, 0.15) is 11.5 Å². The van der Waals surface area contributed by atoms with Gasteiger partial charge in [-0.05, 0) is 24.1 Å². The Morgan fingerprint density at radius 1 is 1.07 bits per heavy atom. The highest BCUT2D eigenvalue weighted by molar-refractivity contribution is 6.30. The SMILES string of the molecule is CC(=O)N1CCN(c2cnc(C(=O)NCCc3ccc(Cl)cc3)cn2)CC1. The molecule has 0 radical (unpaired) electrons. The van der Waals surface area contributed by atoms with Crippen LogP contribution in [-0.2, 0) is 11.2 Å². The van der Waals surface area contributed by atoms with Gasteiger partial charge in [-0.3, -0.25) is 9.59 Å². The van der Waals surface area contributed by atoms with Gasteiger partial charge in [0.05, 0.1) is 12.4 Å². The highest BCUT2D eigenvalue weighted by Crippen LogP contribution is 2.13. The van der Waals surface area contributed by atoms with Gasteiger partial charge in [0.25, 0.3) is 5.91 Å². The lowest BCUT2D eigenvalue weighted by atomic mass is 10.1. The largest absolute Gasteiger partial charge is 0.352 e. The second-order valence-electron chi connectivity index (χ2n) is 6.39. The minimum atomic E-state index is -0.246. The molecule has 0 spiro atoms. The Morgan fingerprint density at radius 2 is 1.78 bits per heavy atom. The fourth-order valence-corrected chi connectivity index (χ4v) is 3.04. The Bertz CT molecular complexity index is 787. The predicted molar refractivity (Wildman–Crippen MR) is 104 cm³/mol. The van der Waals surface area contributed by atoms with Crippen LogP contribution in [0.3, 0.4) is 0 Å². The van der Waals surface area contributed by atoms with E-state index in [2.05, 4.69) is 20.2 Å². The highest BCUT2D eigenvalue weighted by atomic mass is 35.5. The molecule has 3 rings (SSSR count). The number of anilines is 1. The third-order valence-electron chi connectivity index (χ3n) is 4.53. The fraction of sp³-hybridized carbons (Fsp3) is 0.368. The van der Waals surface area contributed by atoms with E-state index in [1.165, 1.54) is 6.20 Å². The standard InChI is InChI=1S/C19H22ClN5O2/c1-14(26)24-8-10-25(11-9-24)18-13-22-17(12-23-18)19(27)21-7-6-15-2-4-16(20)5-3-15/h2-5,12-13H,6-11H2,1H3,(H,21,27). The van der Waals surface area contributed by atoms with E-state index < -0.39 is 0 Å². The normalized spacial score (nSPS) is 14.1. The summed E-state index contributed by atoms with van der Waals surface area (Å²) in [5.41, 5.74) is 1.39. The number of aromatic nitrogens is 2. The van der Waals surface area contributed by atoms with Crippen molar-refractivity contribution in [1.29, 1.82) is 0 Å². The summed E-state index contributed by atoms with van der Waals surface area (Å²) in [6.45, 7) is 4.85. The molecule has 27 heavy (non-hydrogen) atoms. The van der Waals surface area contributed by atoms with Crippen molar-refractivity contribution in [2.24, 2.45) is 0 Å². The number of hydrogen-bond acceptors (Lipinski definition) is 5. The maximum absolute atomic E-state index is 12.2. The second kappa shape index (κ2) is 8.81. The number of nitrogens with zero attached hydrogens (tertiary/aromatic N) is 4. The summed E-state index contributed by atoms with van der Waals surface area (Å²) in [5.74, 6) is 0.562. The number of nitrogens with one attached hydrogen (secondary N) is 1. The molecule has 0 atom stereocenters. The lowest BCUT2D eigenvalue weighted by Crippen LogP contribution is -2.48. The number of carbonyl (C=O) groups is 2. The lowest BCUT2D eigenvalue weighted by molar-refractivity contribution is -0.129. The van der Waals surface area contributed by atoms with E-state index in [4.69, 9.17) is 11.6 Å². The van der Waals surface area contributed by atoms with Gasteiger partial charge in [0.15, 0.2) is 0 Å². The first kappa shape index (κ1) is 19.1. The van der Waals surface area contributed by atoms with Gasteiger partial charge in [-0.2, -0.15) is 0 Å². The van der Waals surface area contributed by atoms with Crippen LogP contribution in [0.15, 0.2) is 36.7 Å². The van der Waals surface area contributed by atoms with E-state index in [9.17, 15) is 9.59 Å². The van der Waals surface area contributed by atoms with Crippen molar-refractivity contribution in [2.45, 2.75) is 13.3 Å². The van der Waals surface area contributed by atoms with Crippen molar-refractivity contribution < 1.29 is 9.59 Å². The van der Waals surface area contributed by atoms with E-state index in [1.807, 2.05) is 29.2 Å². The molecule has 2 aromatic rings. The molecule has 1 N–H and O–H groups in total. The van der Waals surface area contributed by atoms with E-state index in [0.29, 0.717) is 37.7 Å². The van der Waals surface area contributed by atoms with Crippen LogP contribution in [0.25, 0.3) is 0 Å².